The molecule has 0 amide bonds. The minimum atomic E-state index is -4.09. The van der Waals surface area contributed by atoms with Crippen molar-refractivity contribution in [1.82, 2.24) is 4.72 Å². The average molecular weight is 317 g/mol. The van der Waals surface area contributed by atoms with Gasteiger partial charge in [0.05, 0.1) is 11.7 Å². The second-order valence-corrected chi connectivity index (χ2v) is 6.50. The molecule has 2 N–H and O–H groups in total. The molecule has 1 saturated carbocycles. The number of aromatic carboxylic acids is 1. The summed E-state index contributed by atoms with van der Waals surface area (Å²) in [5.74, 6) is -2.29. The summed E-state index contributed by atoms with van der Waals surface area (Å²) >= 11 is 0. The fraction of sp³-hybridized carbons (Fsp3) is 0.462. The van der Waals surface area contributed by atoms with Crippen molar-refractivity contribution in [3.8, 4) is 0 Å². The first-order valence-corrected chi connectivity index (χ1v) is 7.98. The van der Waals surface area contributed by atoms with E-state index in [1.54, 1.807) is 0 Å². The Bertz CT molecular complexity index is 640. The summed E-state index contributed by atoms with van der Waals surface area (Å²) in [6.07, 6.45) is 1.05. The van der Waals surface area contributed by atoms with E-state index < -0.39 is 26.7 Å². The highest BCUT2D eigenvalue weighted by Gasteiger charge is 2.34. The Hall–Kier alpha value is -1.51. The van der Waals surface area contributed by atoms with Crippen LogP contribution in [0.4, 0.5) is 4.39 Å². The van der Waals surface area contributed by atoms with Crippen molar-refractivity contribution in [3.05, 3.63) is 29.6 Å². The molecule has 0 aromatic heterocycles. The molecule has 0 unspecified atom stereocenters. The summed E-state index contributed by atoms with van der Waals surface area (Å²) in [7, 11) is -4.09. The molecule has 0 spiro atoms. The summed E-state index contributed by atoms with van der Waals surface area (Å²) in [5, 5.41) is 8.84. The second-order valence-electron chi connectivity index (χ2n) is 4.82. The van der Waals surface area contributed by atoms with Crippen LogP contribution in [-0.2, 0) is 14.8 Å². The van der Waals surface area contributed by atoms with E-state index in [0.29, 0.717) is 19.4 Å². The van der Waals surface area contributed by atoms with E-state index in [-0.39, 0.29) is 17.7 Å². The van der Waals surface area contributed by atoms with Crippen molar-refractivity contribution in [2.24, 2.45) is 0 Å². The van der Waals surface area contributed by atoms with Gasteiger partial charge >= 0.3 is 5.97 Å². The number of sulfonamides is 1. The largest absolute Gasteiger partial charge is 0.478 e. The number of hydrogen-bond acceptors (Lipinski definition) is 4. The van der Waals surface area contributed by atoms with E-state index >= 15 is 0 Å². The first-order chi connectivity index (χ1) is 9.83. The van der Waals surface area contributed by atoms with Crippen molar-refractivity contribution >= 4 is 16.0 Å². The molecule has 1 fully saturated rings. The molecular formula is C13H16FNO5S. The van der Waals surface area contributed by atoms with Crippen molar-refractivity contribution in [2.45, 2.75) is 36.8 Å². The molecule has 0 radical (unpaired) electrons. The zero-order chi connectivity index (χ0) is 15.6. The third-order valence-corrected chi connectivity index (χ3v) is 4.82. The maximum absolute atomic E-state index is 13.7. The van der Waals surface area contributed by atoms with Gasteiger partial charge in [0.1, 0.15) is 10.7 Å². The monoisotopic (exact) mass is 317 g/mol. The highest BCUT2D eigenvalue weighted by atomic mass is 32.2. The fourth-order valence-corrected chi connectivity index (χ4v) is 3.52. The van der Waals surface area contributed by atoms with E-state index in [4.69, 9.17) is 9.84 Å². The molecule has 116 valence electrons. The first-order valence-electron chi connectivity index (χ1n) is 6.50. The van der Waals surface area contributed by atoms with Crippen LogP contribution in [0.3, 0.4) is 0 Å². The molecule has 1 aromatic rings. The predicted octanol–water partition coefficient (Wildman–Crippen LogP) is 1.37. The quantitative estimate of drug-likeness (QED) is 0.826. The van der Waals surface area contributed by atoms with Crippen molar-refractivity contribution < 1.29 is 27.4 Å². The smallest absolute Gasteiger partial charge is 0.335 e. The minimum Gasteiger partial charge on any atom is -0.478 e. The van der Waals surface area contributed by atoms with Crippen LogP contribution >= 0.6 is 0 Å². The van der Waals surface area contributed by atoms with Crippen molar-refractivity contribution in [2.75, 3.05) is 6.61 Å². The molecule has 0 atom stereocenters. The van der Waals surface area contributed by atoms with Gasteiger partial charge in [-0.3, -0.25) is 0 Å². The minimum absolute atomic E-state index is 0.0119. The maximum atomic E-state index is 13.7. The van der Waals surface area contributed by atoms with Gasteiger partial charge in [-0.2, -0.15) is 0 Å². The topological polar surface area (TPSA) is 92.7 Å². The molecule has 1 aromatic carbocycles. The lowest BCUT2D eigenvalue weighted by Crippen LogP contribution is -2.47. The number of carboxylic acid groups (broad SMARTS) is 1. The van der Waals surface area contributed by atoms with Gasteiger partial charge in [-0.1, -0.05) is 0 Å². The lowest BCUT2D eigenvalue weighted by atomic mass is 9.90. The summed E-state index contributed by atoms with van der Waals surface area (Å²) in [4.78, 5) is 10.2. The van der Waals surface area contributed by atoms with Gasteiger partial charge in [0.25, 0.3) is 0 Å². The summed E-state index contributed by atoms with van der Waals surface area (Å²) in [6.45, 7) is 2.41. The normalized spacial score (nSPS) is 21.8. The SMILES string of the molecule is CCOC1CC(NS(=O)(=O)c2cc(C(=O)O)ccc2F)C1. The van der Waals surface area contributed by atoms with Crippen molar-refractivity contribution in [3.63, 3.8) is 0 Å². The summed E-state index contributed by atoms with van der Waals surface area (Å²) < 4.78 is 45.6. The van der Waals surface area contributed by atoms with Crippen LogP contribution in [-0.4, -0.2) is 38.2 Å². The molecule has 8 heteroatoms. The maximum Gasteiger partial charge on any atom is 0.335 e. The Balaban J connectivity index is 2.13. The molecule has 0 saturated heterocycles. The van der Waals surface area contributed by atoms with Crippen LogP contribution in [0.25, 0.3) is 0 Å². The van der Waals surface area contributed by atoms with Crippen LogP contribution in [0.15, 0.2) is 23.1 Å². The molecule has 0 aliphatic heterocycles. The lowest BCUT2D eigenvalue weighted by molar-refractivity contribution is -0.00476. The fourth-order valence-electron chi connectivity index (χ4n) is 2.16. The summed E-state index contributed by atoms with van der Waals surface area (Å²) in [6, 6.07) is 2.35. The Labute approximate surface area is 122 Å². The molecule has 0 bridgehead atoms. The standard InChI is InChI=1S/C13H16FNO5S/c1-2-20-10-6-9(7-10)15-21(18,19)12-5-8(13(16)17)3-4-11(12)14/h3-5,9-10,15H,2,6-7H2,1H3,(H,16,17). The van der Waals surface area contributed by atoms with Gasteiger partial charge in [0.15, 0.2) is 0 Å². The molecule has 6 nitrogen and oxygen atoms in total. The molecule has 1 aliphatic rings. The van der Waals surface area contributed by atoms with Crippen LogP contribution < -0.4 is 4.72 Å². The van der Waals surface area contributed by atoms with E-state index in [1.807, 2.05) is 6.92 Å². The molecule has 0 heterocycles. The number of carboxylic acids is 1. The second kappa shape index (κ2) is 6.08. The van der Waals surface area contributed by atoms with Gasteiger partial charge in [-0.25, -0.2) is 22.3 Å². The third kappa shape index (κ3) is 3.58. The van der Waals surface area contributed by atoms with Crippen LogP contribution in [0.1, 0.15) is 30.1 Å². The van der Waals surface area contributed by atoms with E-state index in [0.717, 1.165) is 18.2 Å². The first kappa shape index (κ1) is 15.9. The lowest BCUT2D eigenvalue weighted by Gasteiger charge is -2.35. The zero-order valence-electron chi connectivity index (χ0n) is 11.4. The van der Waals surface area contributed by atoms with Crippen molar-refractivity contribution in [1.29, 1.82) is 0 Å². The number of rotatable bonds is 6. The van der Waals surface area contributed by atoms with Gasteiger partial charge in [0.2, 0.25) is 10.0 Å². The number of hydrogen-bond donors (Lipinski definition) is 2. The van der Waals surface area contributed by atoms with E-state index in [1.165, 1.54) is 0 Å². The molecule has 2 rings (SSSR count). The number of benzene rings is 1. The Morgan fingerprint density at radius 2 is 2.14 bits per heavy atom. The van der Waals surface area contributed by atoms with Gasteiger partial charge in [-0.15, -0.1) is 0 Å². The number of carbonyl (C=O) groups is 1. The average Bonchev–Trinajstić information content (AvgIpc) is 2.36. The van der Waals surface area contributed by atoms with Crippen LogP contribution in [0.5, 0.6) is 0 Å². The molecule has 21 heavy (non-hydrogen) atoms. The predicted molar refractivity (Wildman–Crippen MR) is 72.1 cm³/mol. The van der Waals surface area contributed by atoms with Gasteiger partial charge in [0, 0.05) is 12.6 Å². The number of halogens is 1. The summed E-state index contributed by atoms with van der Waals surface area (Å²) in [5.41, 5.74) is -0.280. The Kier molecular flexibility index (Phi) is 4.60. The van der Waals surface area contributed by atoms with Gasteiger partial charge < -0.3 is 9.84 Å². The Morgan fingerprint density at radius 1 is 1.48 bits per heavy atom. The molecular weight excluding hydrogens is 301 g/mol. The van der Waals surface area contributed by atoms with Crippen LogP contribution in [0, 0.1) is 5.82 Å². The number of nitrogens with one attached hydrogen (secondary N) is 1. The van der Waals surface area contributed by atoms with Gasteiger partial charge in [-0.05, 0) is 38.0 Å². The highest BCUT2D eigenvalue weighted by Crippen LogP contribution is 2.26. The molecule has 1 aliphatic carbocycles. The highest BCUT2D eigenvalue weighted by molar-refractivity contribution is 7.89. The van der Waals surface area contributed by atoms with Crippen LogP contribution in [0.2, 0.25) is 0 Å². The van der Waals surface area contributed by atoms with E-state index in [2.05, 4.69) is 4.72 Å². The van der Waals surface area contributed by atoms with E-state index in [9.17, 15) is 17.6 Å². The number of ether oxygens (including phenoxy) is 1. The zero-order valence-corrected chi connectivity index (χ0v) is 12.2. The third-order valence-electron chi connectivity index (χ3n) is 3.29. The Morgan fingerprint density at radius 3 is 2.71 bits per heavy atom.